The third kappa shape index (κ3) is 13.0. The minimum atomic E-state index is -4.88. The van der Waals surface area contributed by atoms with Gasteiger partial charge in [-0.1, -0.05) is 36.4 Å². The molecule has 0 aliphatic rings. The van der Waals surface area contributed by atoms with Crippen molar-refractivity contribution >= 4 is 81.9 Å². The Morgan fingerprint density at radius 3 is 1.23 bits per heavy atom. The number of rotatable bonds is 14. The molecule has 0 heterocycles. The molecule has 22 heteroatoms. The Morgan fingerprint density at radius 2 is 0.902 bits per heavy atom. The molecule has 0 atom stereocenters. The van der Waals surface area contributed by atoms with Crippen molar-refractivity contribution in [2.24, 2.45) is 20.5 Å². The van der Waals surface area contributed by atoms with Crippen LogP contribution in [0, 0.1) is 0 Å². The topological polar surface area (TPSA) is 304 Å². The van der Waals surface area contributed by atoms with E-state index in [1.165, 1.54) is 36.4 Å². The van der Waals surface area contributed by atoms with Crippen LogP contribution in [0.1, 0.15) is 0 Å². The van der Waals surface area contributed by atoms with E-state index in [1.54, 1.807) is 65.6 Å². The molecular formula is C39H39N7NaO12S2+. The van der Waals surface area contributed by atoms with Crippen LogP contribution in [0.2, 0.25) is 0 Å². The number of phenols is 2. The van der Waals surface area contributed by atoms with Crippen LogP contribution in [-0.2, 0) is 20.2 Å². The van der Waals surface area contributed by atoms with Crippen molar-refractivity contribution in [1.29, 1.82) is 0 Å². The summed E-state index contributed by atoms with van der Waals surface area (Å²) >= 11 is 0. The van der Waals surface area contributed by atoms with E-state index in [9.17, 15) is 40.9 Å². The molecule has 0 aliphatic carbocycles. The van der Waals surface area contributed by atoms with E-state index >= 15 is 0 Å². The fourth-order valence-corrected chi connectivity index (χ4v) is 7.02. The molecule has 0 fully saturated rings. The molecule has 0 radical (unpaired) electrons. The summed E-state index contributed by atoms with van der Waals surface area (Å²) in [6.07, 6.45) is 0. The van der Waals surface area contributed by atoms with E-state index in [2.05, 4.69) is 31.1 Å². The summed E-state index contributed by atoms with van der Waals surface area (Å²) in [7, 11) is -9.75. The number of aliphatic hydroxyl groups is 3. The zero-order valence-corrected chi connectivity index (χ0v) is 36.0. The predicted octanol–water partition coefficient (Wildman–Crippen LogP) is 3.64. The van der Waals surface area contributed by atoms with Gasteiger partial charge in [0.1, 0.15) is 21.2 Å². The molecular weight excluding hydrogens is 846 g/mol. The van der Waals surface area contributed by atoms with Gasteiger partial charge in [0.15, 0.2) is 11.5 Å². The van der Waals surface area contributed by atoms with Crippen LogP contribution in [0.4, 0.5) is 38.9 Å². The number of nitrogens with one attached hydrogen (secondary N) is 2. The zero-order valence-electron chi connectivity index (χ0n) is 32.4. The monoisotopic (exact) mass is 884 g/mol. The molecule has 0 unspecified atom stereocenters. The Morgan fingerprint density at radius 1 is 0.541 bits per heavy atom. The summed E-state index contributed by atoms with van der Waals surface area (Å²) in [6, 6.07) is 26.4. The third-order valence-corrected chi connectivity index (χ3v) is 10.2. The summed E-state index contributed by atoms with van der Waals surface area (Å²) in [6.45, 7) is 1.75. The molecule has 0 aliphatic heterocycles. The van der Waals surface area contributed by atoms with Crippen molar-refractivity contribution in [2.75, 3.05) is 50.1 Å². The Bertz CT molecular complexity index is 2570. The fourth-order valence-electron chi connectivity index (χ4n) is 5.70. The second-order valence-electron chi connectivity index (χ2n) is 12.6. The van der Waals surface area contributed by atoms with Gasteiger partial charge in [0.2, 0.25) is 0 Å². The Balaban J connectivity index is 0.000000663. The quantitative estimate of drug-likeness (QED) is 0.0429. The van der Waals surface area contributed by atoms with E-state index in [0.717, 1.165) is 12.1 Å². The van der Waals surface area contributed by atoms with Gasteiger partial charge < -0.3 is 36.2 Å². The maximum absolute atomic E-state index is 12.9. The number of azo groups is 2. The second kappa shape index (κ2) is 21.9. The van der Waals surface area contributed by atoms with Crippen molar-refractivity contribution in [3.05, 3.63) is 109 Å². The Hall–Kier alpha value is -5.43. The standard InChI is InChI=1S/C33H24N6O9S2.C6H15NO3.Na/c40-31-25-13-11-23(15-19(25)17-27(49(43,44)45)29(31)38-36-21-7-3-1-4-8-21)34-33(42)35-24-12-14-26-20(16-24)18-28(50(46,47)48)30(32(26)41)39-37-22-9-5-2-6-10-22;8-4-1-7(2-5-9)3-6-10;/h1-18,40-41H,(H2,34,35,42)(H,43,44,45)(H,46,47,48);8-10H,1-6H2;/q;;+1. The number of nitrogens with zero attached hydrogens (tertiary/aromatic N) is 5. The third-order valence-electron chi connectivity index (χ3n) is 8.47. The number of amides is 2. The maximum Gasteiger partial charge on any atom is 1.00 e. The number of carbonyl (C=O) groups is 1. The molecule has 6 aromatic rings. The van der Waals surface area contributed by atoms with Crippen LogP contribution in [0.5, 0.6) is 11.5 Å². The molecule has 6 aromatic carbocycles. The molecule has 61 heavy (non-hydrogen) atoms. The van der Waals surface area contributed by atoms with E-state index in [1.807, 2.05) is 0 Å². The number of hydrogen-bond donors (Lipinski definition) is 9. The molecule has 314 valence electrons. The number of carbonyl (C=O) groups excluding carboxylic acids is 1. The minimum Gasteiger partial charge on any atom is -0.505 e. The van der Waals surface area contributed by atoms with E-state index < -0.39 is 58.9 Å². The molecule has 2 amide bonds. The predicted molar refractivity (Wildman–Crippen MR) is 222 cm³/mol. The number of hydrogen-bond acceptors (Lipinski definition) is 15. The number of phenolic OH excluding ortho intramolecular Hbond substituents is 2. The average molecular weight is 885 g/mol. The number of anilines is 2. The average Bonchev–Trinajstić information content (AvgIpc) is 3.20. The van der Waals surface area contributed by atoms with Gasteiger partial charge in [-0.15, -0.1) is 10.2 Å². The number of benzene rings is 6. The van der Waals surface area contributed by atoms with Crippen molar-refractivity contribution in [1.82, 2.24) is 4.90 Å². The van der Waals surface area contributed by atoms with Crippen molar-refractivity contribution in [2.45, 2.75) is 9.79 Å². The number of urea groups is 1. The van der Waals surface area contributed by atoms with Crippen LogP contribution in [0.15, 0.2) is 139 Å². The van der Waals surface area contributed by atoms with Crippen LogP contribution >= 0.6 is 0 Å². The van der Waals surface area contributed by atoms with Gasteiger partial charge in [-0.2, -0.15) is 27.1 Å². The Labute approximate surface area is 371 Å². The molecule has 19 nitrogen and oxygen atoms in total. The first-order valence-electron chi connectivity index (χ1n) is 17.7. The first-order chi connectivity index (χ1) is 28.6. The summed E-state index contributed by atoms with van der Waals surface area (Å²) in [5, 5.41) is 68.6. The number of aromatic hydroxyl groups is 2. The van der Waals surface area contributed by atoms with Gasteiger partial charge in [-0.25, -0.2) is 4.79 Å². The normalized spacial score (nSPS) is 11.8. The SMILES string of the molecule is O=C(Nc1ccc2c(O)c(N=Nc3ccccc3)c(S(=O)(=O)O)cc2c1)Nc1ccc2c(O)c(N=Nc3ccccc3)c(S(=O)(=O)O)cc2c1.OCCN(CCO)CCO.[Na+]. The summed E-state index contributed by atoms with van der Waals surface area (Å²) in [4.78, 5) is 13.3. The molecule has 0 saturated carbocycles. The fraction of sp³-hybridized carbons (Fsp3) is 0.154. The molecule has 9 N–H and O–H groups in total. The molecule has 0 saturated heterocycles. The van der Waals surface area contributed by atoms with E-state index in [-0.39, 0.29) is 82.3 Å². The van der Waals surface area contributed by atoms with Gasteiger partial charge in [0, 0.05) is 41.8 Å². The minimum absolute atomic E-state index is 0. The van der Waals surface area contributed by atoms with Crippen LogP contribution in [-0.4, -0.2) is 102 Å². The van der Waals surface area contributed by atoms with Crippen LogP contribution in [0.25, 0.3) is 21.5 Å². The molecule has 0 spiro atoms. The summed E-state index contributed by atoms with van der Waals surface area (Å²) in [5.74, 6) is -1.14. The molecule has 6 rings (SSSR count). The van der Waals surface area contributed by atoms with Crippen molar-refractivity contribution < 1.29 is 85.8 Å². The molecule has 0 bridgehead atoms. The van der Waals surface area contributed by atoms with Gasteiger partial charge in [-0.3, -0.25) is 14.0 Å². The second-order valence-corrected chi connectivity index (χ2v) is 15.4. The van der Waals surface area contributed by atoms with E-state index in [4.69, 9.17) is 15.3 Å². The zero-order chi connectivity index (χ0) is 43.5. The Kier molecular flexibility index (Phi) is 17.3. The van der Waals surface area contributed by atoms with Crippen molar-refractivity contribution in [3.63, 3.8) is 0 Å². The van der Waals surface area contributed by atoms with Gasteiger partial charge in [0.25, 0.3) is 20.2 Å². The van der Waals surface area contributed by atoms with Crippen LogP contribution in [0.3, 0.4) is 0 Å². The number of fused-ring (bicyclic) bond motifs is 2. The summed E-state index contributed by atoms with van der Waals surface area (Å²) in [5.41, 5.74) is 0.109. The first kappa shape index (κ1) is 48.2. The smallest absolute Gasteiger partial charge is 0.505 e. The molecule has 0 aromatic heterocycles. The number of aliphatic hydroxyl groups excluding tert-OH is 3. The van der Waals surface area contributed by atoms with Gasteiger partial charge in [0.05, 0.1) is 31.2 Å². The van der Waals surface area contributed by atoms with Gasteiger partial charge >= 0.3 is 35.6 Å². The summed E-state index contributed by atoms with van der Waals surface area (Å²) < 4.78 is 68.6. The first-order valence-corrected chi connectivity index (χ1v) is 20.6. The maximum atomic E-state index is 12.9. The van der Waals surface area contributed by atoms with E-state index in [0.29, 0.717) is 31.0 Å². The van der Waals surface area contributed by atoms with Gasteiger partial charge in [-0.05, 0) is 83.6 Å². The van der Waals surface area contributed by atoms with Crippen molar-refractivity contribution in [3.8, 4) is 11.5 Å². The van der Waals surface area contributed by atoms with Crippen LogP contribution < -0.4 is 40.2 Å². The largest absolute Gasteiger partial charge is 1.00 e.